The predicted octanol–water partition coefficient (Wildman–Crippen LogP) is 7.68. The van der Waals surface area contributed by atoms with Crippen LogP contribution in [0.4, 0.5) is 0 Å². The third-order valence-electron chi connectivity index (χ3n) is 7.00. The van der Waals surface area contributed by atoms with Gasteiger partial charge in [0, 0.05) is 12.7 Å². The van der Waals surface area contributed by atoms with Crippen molar-refractivity contribution >= 4 is 0 Å². The smallest absolute Gasteiger partial charge is 0.00626 e. The lowest BCUT2D eigenvalue weighted by atomic mass is 9.59. The highest BCUT2D eigenvalue weighted by Crippen LogP contribution is 2.50. The lowest BCUT2D eigenvalue weighted by Gasteiger charge is -2.46. The highest BCUT2D eigenvalue weighted by molar-refractivity contribution is 4.99. The van der Waals surface area contributed by atoms with Crippen LogP contribution in [0.25, 0.3) is 0 Å². The maximum atomic E-state index is 4.08. The maximum absolute atomic E-state index is 4.08. The van der Waals surface area contributed by atoms with Crippen molar-refractivity contribution in [3.8, 4) is 0 Å². The Kier molecular flexibility index (Phi) is 8.75. The average molecular weight is 364 g/mol. The highest BCUT2D eigenvalue weighted by Gasteiger charge is 2.39. The fourth-order valence-electron chi connectivity index (χ4n) is 5.76. The fraction of sp³-hybridized carbons (Fsp3) is 0.920. The Hall–Kier alpha value is -0.460. The van der Waals surface area contributed by atoms with Crippen LogP contribution in [0.3, 0.4) is 0 Å². The van der Waals surface area contributed by atoms with E-state index in [9.17, 15) is 0 Å². The molecule has 2 rings (SSSR count). The molecule has 0 aromatic heterocycles. The summed E-state index contributed by atoms with van der Waals surface area (Å²) in [6, 6.07) is 0. The molecule has 0 aromatic rings. The van der Waals surface area contributed by atoms with Gasteiger partial charge in [0.1, 0.15) is 0 Å². The SMILES string of the molecule is C=C(NC)C1CCCC(C(C)C)C1.CC(C)C1CC(C)(C)CC(C)(C)C1. The third-order valence-corrected chi connectivity index (χ3v) is 7.00. The minimum absolute atomic E-state index is 0.566. The first kappa shape index (κ1) is 23.6. The summed E-state index contributed by atoms with van der Waals surface area (Å²) < 4.78 is 0. The van der Waals surface area contributed by atoms with Crippen molar-refractivity contribution < 1.29 is 0 Å². The van der Waals surface area contributed by atoms with Crippen LogP contribution in [-0.4, -0.2) is 7.05 Å². The Morgan fingerprint density at radius 1 is 0.885 bits per heavy atom. The van der Waals surface area contributed by atoms with Gasteiger partial charge < -0.3 is 5.32 Å². The lowest BCUT2D eigenvalue weighted by Crippen LogP contribution is -2.35. The summed E-state index contributed by atoms with van der Waals surface area (Å²) in [6.45, 7) is 23.3. The molecule has 0 spiro atoms. The van der Waals surface area contributed by atoms with E-state index in [1.165, 1.54) is 50.6 Å². The van der Waals surface area contributed by atoms with Gasteiger partial charge in [-0.2, -0.15) is 0 Å². The summed E-state index contributed by atoms with van der Waals surface area (Å²) in [5, 5.41) is 3.20. The zero-order chi connectivity index (χ0) is 20.1. The molecule has 2 saturated carbocycles. The molecule has 1 heteroatoms. The number of nitrogens with one attached hydrogen (secondary N) is 1. The van der Waals surface area contributed by atoms with Gasteiger partial charge in [-0.25, -0.2) is 0 Å². The average Bonchev–Trinajstić information content (AvgIpc) is 2.51. The molecule has 0 radical (unpaired) electrons. The predicted molar refractivity (Wildman–Crippen MR) is 118 cm³/mol. The molecular formula is C25H49N. The summed E-state index contributed by atoms with van der Waals surface area (Å²) in [4.78, 5) is 0. The molecule has 2 fully saturated rings. The van der Waals surface area contributed by atoms with Gasteiger partial charge in [-0.15, -0.1) is 0 Å². The summed E-state index contributed by atoms with van der Waals surface area (Å²) in [5.74, 6) is 4.29. The zero-order valence-electron chi connectivity index (χ0n) is 19.5. The van der Waals surface area contributed by atoms with E-state index in [4.69, 9.17) is 0 Å². The summed E-state index contributed by atoms with van der Waals surface area (Å²) >= 11 is 0. The van der Waals surface area contributed by atoms with E-state index < -0.39 is 0 Å². The Bertz CT molecular complexity index is 413. The molecule has 2 aliphatic rings. The van der Waals surface area contributed by atoms with Crippen molar-refractivity contribution in [3.05, 3.63) is 12.3 Å². The van der Waals surface area contributed by atoms with Crippen molar-refractivity contribution in [1.82, 2.24) is 5.32 Å². The van der Waals surface area contributed by atoms with Crippen LogP contribution in [-0.2, 0) is 0 Å². The number of hydrogen-bond donors (Lipinski definition) is 1. The second-order valence-corrected chi connectivity index (χ2v) is 11.6. The van der Waals surface area contributed by atoms with Gasteiger partial charge in [0.2, 0.25) is 0 Å². The van der Waals surface area contributed by atoms with Gasteiger partial charge in [0.25, 0.3) is 0 Å². The maximum Gasteiger partial charge on any atom is 0.00626 e. The molecule has 0 bridgehead atoms. The molecule has 2 unspecified atom stereocenters. The molecule has 0 aliphatic heterocycles. The normalized spacial score (nSPS) is 28.4. The monoisotopic (exact) mass is 363 g/mol. The van der Waals surface area contributed by atoms with Gasteiger partial charge in [0.15, 0.2) is 0 Å². The largest absolute Gasteiger partial charge is 0.392 e. The van der Waals surface area contributed by atoms with E-state index >= 15 is 0 Å². The molecule has 0 heterocycles. The van der Waals surface area contributed by atoms with E-state index in [-0.39, 0.29) is 0 Å². The molecule has 0 aromatic carbocycles. The fourth-order valence-corrected chi connectivity index (χ4v) is 5.76. The minimum atomic E-state index is 0.566. The third kappa shape index (κ3) is 7.65. The Balaban J connectivity index is 0.000000260. The molecular weight excluding hydrogens is 314 g/mol. The summed E-state index contributed by atoms with van der Waals surface area (Å²) in [5.41, 5.74) is 2.37. The second kappa shape index (κ2) is 9.65. The van der Waals surface area contributed by atoms with Crippen LogP contribution in [0.2, 0.25) is 0 Å². The molecule has 2 atom stereocenters. The molecule has 0 saturated heterocycles. The van der Waals surface area contributed by atoms with E-state index in [0.717, 1.165) is 29.6 Å². The van der Waals surface area contributed by atoms with Crippen molar-refractivity contribution in [3.63, 3.8) is 0 Å². The van der Waals surface area contributed by atoms with Crippen molar-refractivity contribution in [2.75, 3.05) is 7.05 Å². The van der Waals surface area contributed by atoms with Crippen molar-refractivity contribution in [2.24, 2.45) is 40.4 Å². The molecule has 154 valence electrons. The standard InChI is InChI=1S/C13H26.C12H23N/c1-10(2)11-7-12(3,4)9-13(5,6)8-11;1-9(2)11-6-5-7-12(8-11)10(3)13-4/h10-11H,7-9H2,1-6H3;9,11-13H,3,5-8H2,1-2,4H3. The second-order valence-electron chi connectivity index (χ2n) is 11.6. The summed E-state index contributed by atoms with van der Waals surface area (Å²) in [6.07, 6.45) is 9.73. The van der Waals surface area contributed by atoms with E-state index in [2.05, 4.69) is 67.3 Å². The van der Waals surface area contributed by atoms with Gasteiger partial charge in [0.05, 0.1) is 0 Å². The van der Waals surface area contributed by atoms with Crippen molar-refractivity contribution in [1.29, 1.82) is 0 Å². The summed E-state index contributed by atoms with van der Waals surface area (Å²) in [7, 11) is 1.99. The van der Waals surface area contributed by atoms with E-state index in [1.54, 1.807) is 0 Å². The van der Waals surface area contributed by atoms with Crippen LogP contribution in [0.15, 0.2) is 12.3 Å². The topological polar surface area (TPSA) is 12.0 Å². The van der Waals surface area contributed by atoms with Crippen LogP contribution < -0.4 is 5.32 Å². The minimum Gasteiger partial charge on any atom is -0.392 e. The van der Waals surface area contributed by atoms with Crippen LogP contribution >= 0.6 is 0 Å². The van der Waals surface area contributed by atoms with Gasteiger partial charge in [-0.3, -0.25) is 0 Å². The molecule has 0 amide bonds. The highest BCUT2D eigenvalue weighted by atomic mass is 14.8. The van der Waals surface area contributed by atoms with Gasteiger partial charge in [-0.1, -0.05) is 74.8 Å². The van der Waals surface area contributed by atoms with E-state index in [0.29, 0.717) is 10.8 Å². The number of allylic oxidation sites excluding steroid dienone is 1. The van der Waals surface area contributed by atoms with Crippen LogP contribution in [0.5, 0.6) is 0 Å². The quantitative estimate of drug-likeness (QED) is 0.540. The Labute approximate surface area is 165 Å². The van der Waals surface area contributed by atoms with Crippen LogP contribution in [0.1, 0.15) is 100 Å². The van der Waals surface area contributed by atoms with E-state index in [1.807, 2.05) is 7.05 Å². The van der Waals surface area contributed by atoms with Crippen molar-refractivity contribution in [2.45, 2.75) is 100 Å². The molecule has 2 aliphatic carbocycles. The molecule has 1 N–H and O–H groups in total. The zero-order valence-corrected chi connectivity index (χ0v) is 19.5. The van der Waals surface area contributed by atoms with Gasteiger partial charge in [-0.05, 0) is 72.5 Å². The van der Waals surface area contributed by atoms with Gasteiger partial charge >= 0.3 is 0 Å². The first-order valence-electron chi connectivity index (χ1n) is 11.2. The molecule has 26 heavy (non-hydrogen) atoms. The number of rotatable bonds is 4. The Morgan fingerprint density at radius 3 is 1.81 bits per heavy atom. The first-order valence-corrected chi connectivity index (χ1v) is 11.2. The Morgan fingerprint density at radius 2 is 1.38 bits per heavy atom. The molecule has 1 nitrogen and oxygen atoms in total. The number of hydrogen-bond acceptors (Lipinski definition) is 1. The lowest BCUT2D eigenvalue weighted by molar-refractivity contribution is 0.0471. The van der Waals surface area contributed by atoms with Crippen LogP contribution in [0, 0.1) is 40.4 Å². The first-order chi connectivity index (χ1) is 11.9.